The first kappa shape index (κ1) is 15.6. The maximum Gasteiger partial charge on any atom is 0.307 e. The summed E-state index contributed by atoms with van der Waals surface area (Å²) in [5, 5.41) is 4.97. The van der Waals surface area contributed by atoms with Gasteiger partial charge < -0.3 is 10.1 Å². The Morgan fingerprint density at radius 2 is 2.14 bits per heavy atom. The quantitative estimate of drug-likeness (QED) is 0.831. The van der Waals surface area contributed by atoms with Crippen molar-refractivity contribution in [1.29, 1.82) is 0 Å². The van der Waals surface area contributed by atoms with Crippen molar-refractivity contribution in [1.82, 2.24) is 5.32 Å². The van der Waals surface area contributed by atoms with Crippen LogP contribution in [0, 0.1) is 11.6 Å². The number of rotatable bonds is 6. The molecule has 1 heterocycles. The molecule has 0 radical (unpaired) electrons. The van der Waals surface area contributed by atoms with E-state index in [9.17, 15) is 13.6 Å². The molecule has 1 N–H and O–H groups in total. The van der Waals surface area contributed by atoms with Crippen LogP contribution in [0.25, 0.3) is 0 Å². The predicted octanol–water partition coefficient (Wildman–Crippen LogP) is 3.42. The van der Waals surface area contributed by atoms with Gasteiger partial charge in [-0.05, 0) is 17.5 Å². The molecule has 0 aliphatic heterocycles. The van der Waals surface area contributed by atoms with Crippen molar-refractivity contribution in [3.63, 3.8) is 0 Å². The molecule has 0 saturated carbocycles. The van der Waals surface area contributed by atoms with Crippen molar-refractivity contribution < 1.29 is 18.3 Å². The highest BCUT2D eigenvalue weighted by molar-refractivity contribution is 7.10. The van der Waals surface area contributed by atoms with Gasteiger partial charge in [-0.25, -0.2) is 8.78 Å². The third kappa shape index (κ3) is 4.09. The van der Waals surface area contributed by atoms with Gasteiger partial charge in [0.05, 0.1) is 19.6 Å². The summed E-state index contributed by atoms with van der Waals surface area (Å²) in [4.78, 5) is 12.4. The van der Waals surface area contributed by atoms with Crippen LogP contribution in [0.1, 0.15) is 22.9 Å². The molecule has 2 rings (SSSR count). The Balaban J connectivity index is 2.08. The first-order chi connectivity index (χ1) is 10.1. The summed E-state index contributed by atoms with van der Waals surface area (Å²) >= 11 is 1.49. The topological polar surface area (TPSA) is 38.3 Å². The number of carbonyl (C=O) groups is 1. The van der Waals surface area contributed by atoms with Crippen LogP contribution in [0.4, 0.5) is 8.78 Å². The second kappa shape index (κ2) is 7.28. The molecule has 0 spiro atoms. The summed E-state index contributed by atoms with van der Waals surface area (Å²) in [6, 6.07) is 7.50. The molecule has 1 aromatic carbocycles. The minimum atomic E-state index is -0.880. The monoisotopic (exact) mass is 311 g/mol. The molecule has 112 valence electrons. The van der Waals surface area contributed by atoms with Crippen LogP contribution in [0.15, 0.2) is 35.7 Å². The lowest BCUT2D eigenvalue weighted by Crippen LogP contribution is -2.24. The van der Waals surface area contributed by atoms with E-state index in [2.05, 4.69) is 10.1 Å². The number of hydrogen-bond donors (Lipinski definition) is 1. The smallest absolute Gasteiger partial charge is 0.307 e. The van der Waals surface area contributed by atoms with Crippen LogP contribution in [-0.2, 0) is 16.1 Å². The van der Waals surface area contributed by atoms with Gasteiger partial charge in [0.1, 0.15) is 0 Å². The van der Waals surface area contributed by atoms with Crippen LogP contribution in [0.5, 0.6) is 0 Å². The number of carbonyl (C=O) groups excluding carboxylic acids is 1. The van der Waals surface area contributed by atoms with Crippen molar-refractivity contribution in [3.8, 4) is 0 Å². The maximum absolute atomic E-state index is 13.6. The summed E-state index contributed by atoms with van der Waals surface area (Å²) in [6.07, 6.45) is 0.133. The highest BCUT2D eigenvalue weighted by Crippen LogP contribution is 2.23. The number of esters is 1. The van der Waals surface area contributed by atoms with Gasteiger partial charge in [-0.2, -0.15) is 0 Å². The molecular formula is C15H15F2NO2S. The van der Waals surface area contributed by atoms with Gasteiger partial charge in [0.25, 0.3) is 0 Å². The third-order valence-corrected chi connectivity index (χ3v) is 4.04. The molecule has 1 aromatic heterocycles. The average Bonchev–Trinajstić information content (AvgIpc) is 3.01. The van der Waals surface area contributed by atoms with E-state index in [4.69, 9.17) is 0 Å². The lowest BCUT2D eigenvalue weighted by Gasteiger charge is -2.16. The molecule has 0 aliphatic rings. The molecule has 0 aliphatic carbocycles. The van der Waals surface area contributed by atoms with Gasteiger partial charge in [-0.1, -0.05) is 18.2 Å². The summed E-state index contributed by atoms with van der Waals surface area (Å²) in [6.45, 7) is 0.128. The van der Waals surface area contributed by atoms with Crippen LogP contribution < -0.4 is 5.32 Å². The van der Waals surface area contributed by atoms with Gasteiger partial charge in [-0.3, -0.25) is 4.79 Å². The van der Waals surface area contributed by atoms with E-state index in [-0.39, 0.29) is 30.5 Å². The summed E-state index contributed by atoms with van der Waals surface area (Å²) in [7, 11) is 1.32. The highest BCUT2D eigenvalue weighted by atomic mass is 32.1. The fourth-order valence-electron chi connectivity index (χ4n) is 1.93. The molecule has 6 heteroatoms. The Bertz CT molecular complexity index is 602. The SMILES string of the molecule is COC(=O)CC(NCc1cccc(F)c1F)c1cccs1. The van der Waals surface area contributed by atoms with Crippen molar-refractivity contribution in [2.24, 2.45) is 0 Å². The second-order valence-electron chi connectivity index (χ2n) is 4.44. The fraction of sp³-hybridized carbons (Fsp3) is 0.267. The minimum Gasteiger partial charge on any atom is -0.469 e. The number of thiophene rings is 1. The Labute approximate surface area is 125 Å². The molecule has 3 nitrogen and oxygen atoms in total. The van der Waals surface area contributed by atoms with E-state index in [1.54, 1.807) is 0 Å². The largest absolute Gasteiger partial charge is 0.469 e. The normalized spacial score (nSPS) is 12.1. The van der Waals surface area contributed by atoms with E-state index in [1.807, 2.05) is 17.5 Å². The van der Waals surface area contributed by atoms with Crippen molar-refractivity contribution >= 4 is 17.3 Å². The third-order valence-electron chi connectivity index (χ3n) is 3.06. The number of hydrogen-bond acceptors (Lipinski definition) is 4. The van der Waals surface area contributed by atoms with Gasteiger partial charge in [0.2, 0.25) is 0 Å². The number of benzene rings is 1. The lowest BCUT2D eigenvalue weighted by atomic mass is 10.1. The Hall–Kier alpha value is -1.79. The van der Waals surface area contributed by atoms with Gasteiger partial charge in [0, 0.05) is 17.0 Å². The average molecular weight is 311 g/mol. The van der Waals surface area contributed by atoms with Crippen LogP contribution >= 0.6 is 11.3 Å². The number of methoxy groups -OCH3 is 1. The molecule has 0 saturated heterocycles. The fourth-order valence-corrected chi connectivity index (χ4v) is 2.73. The Morgan fingerprint density at radius 1 is 1.33 bits per heavy atom. The highest BCUT2D eigenvalue weighted by Gasteiger charge is 2.18. The molecule has 0 bridgehead atoms. The Kier molecular flexibility index (Phi) is 5.41. The number of ether oxygens (including phenoxy) is 1. The van der Waals surface area contributed by atoms with Crippen LogP contribution in [-0.4, -0.2) is 13.1 Å². The van der Waals surface area contributed by atoms with E-state index < -0.39 is 11.6 Å². The first-order valence-corrected chi connectivity index (χ1v) is 7.26. The van der Waals surface area contributed by atoms with Crippen molar-refractivity contribution in [2.75, 3.05) is 7.11 Å². The molecule has 0 amide bonds. The zero-order chi connectivity index (χ0) is 15.2. The summed E-state index contributed by atoms with van der Waals surface area (Å²) < 4.78 is 31.5. The maximum atomic E-state index is 13.6. The van der Waals surface area contributed by atoms with Gasteiger partial charge >= 0.3 is 5.97 Å². The molecule has 1 unspecified atom stereocenters. The summed E-state index contributed by atoms with van der Waals surface area (Å²) in [5.74, 6) is -2.11. The molecule has 0 fully saturated rings. The van der Waals surface area contributed by atoms with Crippen LogP contribution in [0.2, 0.25) is 0 Å². The van der Waals surface area contributed by atoms with Crippen molar-refractivity contribution in [3.05, 3.63) is 57.8 Å². The van der Waals surface area contributed by atoms with E-state index in [1.165, 1.54) is 30.6 Å². The zero-order valence-electron chi connectivity index (χ0n) is 11.4. The molecule has 1 atom stereocenters. The molecule has 2 aromatic rings. The minimum absolute atomic E-state index is 0.128. The second-order valence-corrected chi connectivity index (χ2v) is 5.42. The molecule has 21 heavy (non-hydrogen) atoms. The lowest BCUT2D eigenvalue weighted by molar-refractivity contribution is -0.141. The van der Waals surface area contributed by atoms with E-state index in [0.29, 0.717) is 0 Å². The van der Waals surface area contributed by atoms with Crippen LogP contribution in [0.3, 0.4) is 0 Å². The van der Waals surface area contributed by atoms with E-state index >= 15 is 0 Å². The molecular weight excluding hydrogens is 296 g/mol. The van der Waals surface area contributed by atoms with Crippen molar-refractivity contribution in [2.45, 2.75) is 19.0 Å². The van der Waals surface area contributed by atoms with E-state index in [0.717, 1.165) is 10.9 Å². The Morgan fingerprint density at radius 3 is 2.81 bits per heavy atom. The zero-order valence-corrected chi connectivity index (χ0v) is 12.3. The first-order valence-electron chi connectivity index (χ1n) is 6.38. The van der Waals surface area contributed by atoms with Gasteiger partial charge in [0.15, 0.2) is 11.6 Å². The van der Waals surface area contributed by atoms with Gasteiger partial charge in [-0.15, -0.1) is 11.3 Å². The standard InChI is InChI=1S/C15H15F2NO2S/c1-20-14(19)8-12(13-6-3-7-21-13)18-9-10-4-2-5-11(16)15(10)17/h2-7,12,18H,8-9H2,1H3. The number of halogens is 2. The number of nitrogens with one attached hydrogen (secondary N) is 1. The summed E-state index contributed by atoms with van der Waals surface area (Å²) in [5.41, 5.74) is 0.224. The predicted molar refractivity (Wildman–Crippen MR) is 76.9 cm³/mol.